The lowest BCUT2D eigenvalue weighted by molar-refractivity contribution is -0.0628. The number of ether oxygens (including phenoxy) is 1. The summed E-state index contributed by atoms with van der Waals surface area (Å²) in [5.74, 6) is 2.09. The maximum Gasteiger partial charge on any atom is 0.166 e. The van der Waals surface area contributed by atoms with E-state index < -0.39 is 5.82 Å². The molecule has 2 aliphatic heterocycles. The fourth-order valence-corrected chi connectivity index (χ4v) is 4.25. The third-order valence-electron chi connectivity index (χ3n) is 3.71. The summed E-state index contributed by atoms with van der Waals surface area (Å²) in [6.45, 7) is 0.730. The maximum absolute atomic E-state index is 13.7. The van der Waals surface area contributed by atoms with Gasteiger partial charge in [-0.05, 0) is 31.1 Å². The van der Waals surface area contributed by atoms with Crippen LogP contribution in [0.5, 0.6) is 0 Å². The van der Waals surface area contributed by atoms with Crippen molar-refractivity contribution in [2.45, 2.75) is 30.9 Å². The van der Waals surface area contributed by atoms with Crippen molar-refractivity contribution in [2.24, 2.45) is 0 Å². The minimum absolute atomic E-state index is 0.0104. The van der Waals surface area contributed by atoms with Crippen molar-refractivity contribution in [3.8, 4) is 0 Å². The van der Waals surface area contributed by atoms with Crippen LogP contribution >= 0.6 is 23.4 Å². The predicted molar refractivity (Wildman–Crippen MR) is 76.5 cm³/mol. The van der Waals surface area contributed by atoms with Gasteiger partial charge in [-0.25, -0.2) is 9.37 Å². The topological polar surface area (TPSA) is 34.2 Å². The maximum atomic E-state index is 13.7. The lowest BCUT2D eigenvalue weighted by Crippen LogP contribution is -2.44. The number of rotatable bonds is 2. The van der Waals surface area contributed by atoms with Crippen molar-refractivity contribution in [3.05, 3.63) is 23.1 Å². The molecule has 104 valence electrons. The molecule has 1 aromatic heterocycles. The Balaban J connectivity index is 1.69. The predicted octanol–water partition coefficient (Wildman–Crippen LogP) is 3.34. The number of aromatic nitrogens is 1. The Bertz CT molecular complexity index is 468. The lowest BCUT2D eigenvalue weighted by atomic mass is 9.90. The minimum Gasteiger partial charge on any atom is -0.374 e. The Morgan fingerprint density at radius 1 is 1.58 bits per heavy atom. The van der Waals surface area contributed by atoms with Gasteiger partial charge < -0.3 is 10.1 Å². The van der Waals surface area contributed by atoms with Crippen LogP contribution in [0.4, 0.5) is 10.2 Å². The molecule has 1 aromatic rings. The van der Waals surface area contributed by atoms with Crippen LogP contribution in [0, 0.1) is 5.82 Å². The van der Waals surface area contributed by atoms with Gasteiger partial charge in [0.15, 0.2) is 11.6 Å². The van der Waals surface area contributed by atoms with Crippen LogP contribution in [0.25, 0.3) is 0 Å². The summed E-state index contributed by atoms with van der Waals surface area (Å²) < 4.78 is 19.7. The second kappa shape index (κ2) is 5.46. The average Bonchev–Trinajstić information content (AvgIpc) is 2.81. The van der Waals surface area contributed by atoms with E-state index in [0.29, 0.717) is 5.02 Å². The third-order valence-corrected chi connectivity index (χ3v) is 5.14. The van der Waals surface area contributed by atoms with Crippen LogP contribution in [0.3, 0.4) is 0 Å². The molecule has 1 spiro atoms. The second-order valence-electron chi connectivity index (χ2n) is 5.15. The molecule has 0 saturated carbocycles. The van der Waals surface area contributed by atoms with Gasteiger partial charge >= 0.3 is 0 Å². The molecule has 0 amide bonds. The van der Waals surface area contributed by atoms with Gasteiger partial charge in [0.1, 0.15) is 0 Å². The molecule has 3 heterocycles. The van der Waals surface area contributed by atoms with E-state index in [0.717, 1.165) is 37.4 Å². The highest BCUT2D eigenvalue weighted by atomic mass is 35.5. The Hall–Kier alpha value is -0.520. The van der Waals surface area contributed by atoms with E-state index in [2.05, 4.69) is 10.3 Å². The zero-order valence-corrected chi connectivity index (χ0v) is 12.1. The van der Waals surface area contributed by atoms with Crippen LogP contribution in [0.1, 0.15) is 19.3 Å². The van der Waals surface area contributed by atoms with Crippen LogP contribution in [-0.2, 0) is 4.74 Å². The summed E-state index contributed by atoms with van der Waals surface area (Å²) in [4.78, 5) is 4.02. The van der Waals surface area contributed by atoms with Gasteiger partial charge in [0.05, 0.1) is 10.6 Å². The Kier molecular flexibility index (Phi) is 3.87. The quantitative estimate of drug-likeness (QED) is 0.908. The molecule has 2 saturated heterocycles. The number of hydrogen-bond donors (Lipinski definition) is 1. The summed E-state index contributed by atoms with van der Waals surface area (Å²) in [6, 6.07) is 1.51. The van der Waals surface area contributed by atoms with E-state index in [1.807, 2.05) is 11.8 Å². The first kappa shape index (κ1) is 13.5. The van der Waals surface area contributed by atoms with Crippen LogP contribution in [0.2, 0.25) is 5.02 Å². The van der Waals surface area contributed by atoms with Gasteiger partial charge in [-0.3, -0.25) is 0 Å². The molecule has 0 aromatic carbocycles. The van der Waals surface area contributed by atoms with E-state index in [9.17, 15) is 4.39 Å². The molecule has 2 fully saturated rings. The minimum atomic E-state index is -0.395. The van der Waals surface area contributed by atoms with Crippen molar-refractivity contribution in [3.63, 3.8) is 0 Å². The zero-order valence-electron chi connectivity index (χ0n) is 10.5. The van der Waals surface area contributed by atoms with Crippen molar-refractivity contribution in [1.82, 2.24) is 4.98 Å². The first-order chi connectivity index (χ1) is 9.17. The fourth-order valence-electron chi connectivity index (χ4n) is 2.73. The van der Waals surface area contributed by atoms with Gasteiger partial charge in [-0.2, -0.15) is 11.8 Å². The lowest BCUT2D eigenvalue weighted by Gasteiger charge is -2.38. The van der Waals surface area contributed by atoms with E-state index in [4.69, 9.17) is 16.3 Å². The van der Waals surface area contributed by atoms with E-state index in [1.165, 1.54) is 12.3 Å². The number of halogens is 2. The molecule has 3 nitrogen and oxygen atoms in total. The van der Waals surface area contributed by atoms with Crippen LogP contribution in [0.15, 0.2) is 12.3 Å². The summed E-state index contributed by atoms with van der Waals surface area (Å²) in [5, 5.41) is 3.51. The molecule has 0 radical (unpaired) electrons. The van der Waals surface area contributed by atoms with Gasteiger partial charge in [-0.1, -0.05) is 11.6 Å². The molecular weight excluding hydrogens is 287 g/mol. The summed E-state index contributed by atoms with van der Waals surface area (Å²) in [6.07, 6.45) is 4.36. The summed E-state index contributed by atoms with van der Waals surface area (Å²) in [7, 11) is 0. The van der Waals surface area contributed by atoms with Crippen molar-refractivity contribution >= 4 is 29.2 Å². The fraction of sp³-hybridized carbons (Fsp3) is 0.615. The van der Waals surface area contributed by atoms with E-state index >= 15 is 0 Å². The van der Waals surface area contributed by atoms with Gasteiger partial charge in [0.25, 0.3) is 0 Å². The average molecular weight is 303 g/mol. The van der Waals surface area contributed by atoms with E-state index in [-0.39, 0.29) is 17.5 Å². The Labute approximate surface area is 121 Å². The zero-order chi connectivity index (χ0) is 13.3. The van der Waals surface area contributed by atoms with Crippen LogP contribution < -0.4 is 5.32 Å². The molecule has 6 heteroatoms. The standard InChI is InChI=1S/C13H16ClFN2OS/c14-9-5-11(15)12(16-7-9)17-10-1-3-18-13(6-10)2-4-19-8-13/h5,7,10H,1-4,6,8H2,(H,16,17)/t10-,13-/m1/s1. The molecule has 0 bridgehead atoms. The molecule has 1 N–H and O–H groups in total. The monoisotopic (exact) mass is 302 g/mol. The number of hydrogen-bond acceptors (Lipinski definition) is 4. The van der Waals surface area contributed by atoms with Gasteiger partial charge in [0.2, 0.25) is 0 Å². The number of thioether (sulfide) groups is 1. The van der Waals surface area contributed by atoms with Gasteiger partial charge in [0, 0.05) is 24.6 Å². The van der Waals surface area contributed by atoms with E-state index in [1.54, 1.807) is 0 Å². The first-order valence-electron chi connectivity index (χ1n) is 6.46. The first-order valence-corrected chi connectivity index (χ1v) is 7.99. The van der Waals surface area contributed by atoms with Crippen molar-refractivity contribution < 1.29 is 9.13 Å². The Morgan fingerprint density at radius 3 is 3.21 bits per heavy atom. The van der Waals surface area contributed by atoms with Crippen LogP contribution in [-0.4, -0.2) is 34.7 Å². The number of nitrogens with zero attached hydrogens (tertiary/aromatic N) is 1. The molecule has 2 aliphatic rings. The number of pyridine rings is 1. The summed E-state index contributed by atoms with van der Waals surface area (Å²) >= 11 is 7.64. The molecule has 3 rings (SSSR count). The number of nitrogens with one attached hydrogen (secondary N) is 1. The van der Waals surface area contributed by atoms with Crippen molar-refractivity contribution in [1.29, 1.82) is 0 Å². The normalized spacial score (nSPS) is 30.7. The highest BCUT2D eigenvalue weighted by molar-refractivity contribution is 7.99. The third kappa shape index (κ3) is 2.98. The highest BCUT2D eigenvalue weighted by Gasteiger charge is 2.40. The van der Waals surface area contributed by atoms with Gasteiger partial charge in [-0.15, -0.1) is 0 Å². The SMILES string of the molecule is Fc1cc(Cl)cnc1N[C@@H]1CCO[C@]2(CCSC2)C1. The molecular formula is C13H16ClFN2OS. The Morgan fingerprint density at radius 2 is 2.47 bits per heavy atom. The number of anilines is 1. The molecule has 19 heavy (non-hydrogen) atoms. The smallest absolute Gasteiger partial charge is 0.166 e. The summed E-state index contributed by atoms with van der Waals surface area (Å²) in [5.41, 5.74) is -0.0104. The molecule has 2 atom stereocenters. The highest BCUT2D eigenvalue weighted by Crippen LogP contribution is 2.39. The largest absolute Gasteiger partial charge is 0.374 e. The molecule has 0 unspecified atom stereocenters. The van der Waals surface area contributed by atoms with Crippen molar-refractivity contribution in [2.75, 3.05) is 23.4 Å². The molecule has 0 aliphatic carbocycles. The second-order valence-corrected chi connectivity index (χ2v) is 6.69.